The zero-order chi connectivity index (χ0) is 10.7. The minimum absolute atomic E-state index is 0.232. The van der Waals surface area contributed by atoms with Crippen LogP contribution in [0.15, 0.2) is 11.1 Å². The first kappa shape index (κ1) is 10.6. The van der Waals surface area contributed by atoms with Gasteiger partial charge in [-0.2, -0.15) is 0 Å². The summed E-state index contributed by atoms with van der Waals surface area (Å²) in [4.78, 5) is 14.1. The normalized spacial score (nSPS) is 21.9. The Morgan fingerprint density at radius 3 is 2.67 bits per heavy atom. The second-order valence-corrected chi connectivity index (χ2v) is 4.23. The molecule has 4 heteroatoms. The van der Waals surface area contributed by atoms with Crippen molar-refractivity contribution in [1.82, 2.24) is 15.5 Å². The maximum atomic E-state index is 12.1. The molecule has 1 amide bonds. The molecule has 2 heterocycles. The second kappa shape index (κ2) is 4.77. The van der Waals surface area contributed by atoms with Crippen molar-refractivity contribution >= 4 is 5.91 Å². The van der Waals surface area contributed by atoms with Crippen molar-refractivity contribution in [3.63, 3.8) is 0 Å². The van der Waals surface area contributed by atoms with Crippen LogP contribution in [0.25, 0.3) is 0 Å². The lowest BCUT2D eigenvalue weighted by Crippen LogP contribution is -2.40. The highest BCUT2D eigenvalue weighted by Crippen LogP contribution is 2.12. The van der Waals surface area contributed by atoms with Crippen molar-refractivity contribution in [2.45, 2.75) is 13.3 Å². The van der Waals surface area contributed by atoms with E-state index in [0.717, 1.165) is 51.3 Å². The van der Waals surface area contributed by atoms with Crippen molar-refractivity contribution in [2.24, 2.45) is 0 Å². The molecule has 2 rings (SSSR count). The summed E-state index contributed by atoms with van der Waals surface area (Å²) in [5, 5.41) is 6.48. The Morgan fingerprint density at radius 1 is 1.20 bits per heavy atom. The molecule has 0 radical (unpaired) electrons. The number of amides is 1. The molecule has 0 aromatic carbocycles. The van der Waals surface area contributed by atoms with Crippen LogP contribution in [-0.2, 0) is 4.79 Å². The van der Waals surface area contributed by atoms with E-state index in [2.05, 4.69) is 10.6 Å². The van der Waals surface area contributed by atoms with E-state index in [1.54, 1.807) is 0 Å². The van der Waals surface area contributed by atoms with Crippen LogP contribution in [-0.4, -0.2) is 50.1 Å². The number of carbonyl (C=O) groups is 1. The third kappa shape index (κ3) is 2.38. The van der Waals surface area contributed by atoms with Gasteiger partial charge in [0.1, 0.15) is 0 Å². The molecule has 0 atom stereocenters. The lowest BCUT2D eigenvalue weighted by Gasteiger charge is -2.26. The smallest absolute Gasteiger partial charge is 0.249 e. The molecule has 84 valence electrons. The molecule has 2 N–H and O–H groups in total. The zero-order valence-corrected chi connectivity index (χ0v) is 9.31. The minimum atomic E-state index is 0.232. The van der Waals surface area contributed by atoms with E-state index in [9.17, 15) is 4.79 Å². The number of nitrogens with one attached hydrogen (secondary N) is 2. The van der Waals surface area contributed by atoms with Crippen LogP contribution in [0.2, 0.25) is 0 Å². The second-order valence-electron chi connectivity index (χ2n) is 4.23. The Bertz CT molecular complexity index is 272. The summed E-state index contributed by atoms with van der Waals surface area (Å²) < 4.78 is 0. The van der Waals surface area contributed by atoms with Gasteiger partial charge < -0.3 is 15.5 Å². The molecular weight excluding hydrogens is 190 g/mol. The fourth-order valence-electron chi connectivity index (χ4n) is 1.95. The summed E-state index contributed by atoms with van der Waals surface area (Å²) in [7, 11) is 0. The number of nitrogens with zero attached hydrogens (tertiary/aromatic N) is 1. The first-order valence-corrected chi connectivity index (χ1v) is 5.68. The highest BCUT2D eigenvalue weighted by atomic mass is 16.2. The van der Waals surface area contributed by atoms with E-state index in [1.165, 1.54) is 5.57 Å². The fraction of sp³-hybridized carbons (Fsp3) is 0.727. The van der Waals surface area contributed by atoms with Gasteiger partial charge in [-0.1, -0.05) is 0 Å². The molecule has 0 aliphatic carbocycles. The van der Waals surface area contributed by atoms with E-state index < -0.39 is 0 Å². The van der Waals surface area contributed by atoms with Gasteiger partial charge in [-0.3, -0.25) is 4.79 Å². The van der Waals surface area contributed by atoms with Crippen molar-refractivity contribution in [1.29, 1.82) is 0 Å². The van der Waals surface area contributed by atoms with Gasteiger partial charge in [0, 0.05) is 38.3 Å². The summed E-state index contributed by atoms with van der Waals surface area (Å²) >= 11 is 0. The van der Waals surface area contributed by atoms with Gasteiger partial charge in [0.2, 0.25) is 5.91 Å². The third-order valence-electron chi connectivity index (χ3n) is 3.16. The fourth-order valence-corrected chi connectivity index (χ4v) is 1.95. The maximum absolute atomic E-state index is 12.1. The minimum Gasteiger partial charge on any atom is -0.338 e. The molecule has 0 aromatic rings. The molecule has 4 nitrogen and oxygen atoms in total. The molecule has 0 spiro atoms. The Kier molecular flexibility index (Phi) is 3.38. The molecule has 2 fully saturated rings. The van der Waals surface area contributed by atoms with Gasteiger partial charge in [0.25, 0.3) is 0 Å². The number of rotatable bonds is 1. The van der Waals surface area contributed by atoms with Gasteiger partial charge >= 0.3 is 0 Å². The first-order valence-electron chi connectivity index (χ1n) is 5.68. The molecule has 0 bridgehead atoms. The number of hydrogen-bond acceptors (Lipinski definition) is 3. The highest BCUT2D eigenvalue weighted by Gasteiger charge is 2.21. The molecular formula is C11H19N3O. The summed E-state index contributed by atoms with van der Waals surface area (Å²) in [5.74, 6) is 0.232. The van der Waals surface area contributed by atoms with Crippen molar-refractivity contribution in [3.8, 4) is 0 Å². The van der Waals surface area contributed by atoms with E-state index in [-0.39, 0.29) is 5.91 Å². The summed E-state index contributed by atoms with van der Waals surface area (Å²) in [5.41, 5.74) is 2.23. The summed E-state index contributed by atoms with van der Waals surface area (Å²) in [6.07, 6.45) is 1.06. The zero-order valence-electron chi connectivity index (χ0n) is 9.31. The Labute approximate surface area is 90.7 Å². The van der Waals surface area contributed by atoms with Crippen molar-refractivity contribution in [2.75, 3.05) is 39.3 Å². The molecule has 2 aliphatic heterocycles. The molecule has 0 aromatic heterocycles. The first-order chi connectivity index (χ1) is 7.29. The van der Waals surface area contributed by atoms with Gasteiger partial charge in [0.15, 0.2) is 0 Å². The molecule has 0 saturated carbocycles. The van der Waals surface area contributed by atoms with E-state index in [0.29, 0.717) is 0 Å². The lowest BCUT2D eigenvalue weighted by molar-refractivity contribution is -0.127. The summed E-state index contributed by atoms with van der Waals surface area (Å²) in [6, 6.07) is 0. The molecule has 2 saturated heterocycles. The van der Waals surface area contributed by atoms with Crippen LogP contribution < -0.4 is 10.6 Å². The summed E-state index contributed by atoms with van der Waals surface area (Å²) in [6.45, 7) is 7.43. The van der Waals surface area contributed by atoms with Crippen molar-refractivity contribution in [3.05, 3.63) is 11.1 Å². The average Bonchev–Trinajstić information content (AvgIpc) is 2.41. The predicted molar refractivity (Wildman–Crippen MR) is 59.6 cm³/mol. The van der Waals surface area contributed by atoms with E-state index >= 15 is 0 Å². The van der Waals surface area contributed by atoms with E-state index in [1.807, 2.05) is 11.8 Å². The van der Waals surface area contributed by atoms with Crippen LogP contribution in [0.5, 0.6) is 0 Å². The Balaban J connectivity index is 1.99. The van der Waals surface area contributed by atoms with Crippen molar-refractivity contribution < 1.29 is 4.79 Å². The van der Waals surface area contributed by atoms with Crippen LogP contribution in [0.4, 0.5) is 0 Å². The highest BCUT2D eigenvalue weighted by molar-refractivity contribution is 5.94. The molecule has 15 heavy (non-hydrogen) atoms. The molecule has 2 aliphatic rings. The van der Waals surface area contributed by atoms with Gasteiger partial charge in [-0.25, -0.2) is 0 Å². The quantitative estimate of drug-likeness (QED) is 0.584. The Morgan fingerprint density at radius 2 is 2.00 bits per heavy atom. The predicted octanol–water partition coefficient (Wildman–Crippen LogP) is -0.272. The average molecular weight is 209 g/mol. The SMILES string of the molecule is CC(C(=O)N1CCCNCC1)=C1CNC1. The molecule has 0 unspecified atom stereocenters. The largest absolute Gasteiger partial charge is 0.338 e. The van der Waals surface area contributed by atoms with Crippen LogP contribution in [0.1, 0.15) is 13.3 Å². The van der Waals surface area contributed by atoms with Gasteiger partial charge in [-0.05, 0) is 25.5 Å². The van der Waals surface area contributed by atoms with Crippen LogP contribution >= 0.6 is 0 Å². The Hall–Kier alpha value is -0.870. The third-order valence-corrected chi connectivity index (χ3v) is 3.16. The van der Waals surface area contributed by atoms with Crippen LogP contribution in [0, 0.1) is 0 Å². The topological polar surface area (TPSA) is 44.4 Å². The van der Waals surface area contributed by atoms with Crippen LogP contribution in [0.3, 0.4) is 0 Å². The lowest BCUT2D eigenvalue weighted by atomic mass is 10.0. The number of carbonyl (C=O) groups excluding carboxylic acids is 1. The van der Waals surface area contributed by atoms with Gasteiger partial charge in [-0.15, -0.1) is 0 Å². The number of hydrogen-bond donors (Lipinski definition) is 2. The van der Waals surface area contributed by atoms with Gasteiger partial charge in [0.05, 0.1) is 0 Å². The standard InChI is InChI=1S/C11H19N3O/c1-9(10-7-13-8-10)11(15)14-5-2-3-12-4-6-14/h12-13H,2-8H2,1H3. The maximum Gasteiger partial charge on any atom is 0.249 e. The monoisotopic (exact) mass is 209 g/mol. The van der Waals surface area contributed by atoms with E-state index in [4.69, 9.17) is 0 Å².